The molecule has 4 rings (SSSR count). The Morgan fingerprint density at radius 1 is 1.00 bits per heavy atom. The van der Waals surface area contributed by atoms with E-state index in [2.05, 4.69) is 4.98 Å². The Kier molecular flexibility index (Phi) is 4.80. The summed E-state index contributed by atoms with van der Waals surface area (Å²) >= 11 is 1.36. The first-order valence-electron chi connectivity index (χ1n) is 9.25. The van der Waals surface area contributed by atoms with E-state index in [1.54, 1.807) is 12.1 Å². The van der Waals surface area contributed by atoms with Crippen molar-refractivity contribution in [3.8, 4) is 0 Å². The Bertz CT molecular complexity index is 1110. The SMILES string of the molecule is Cc1ccc(C(O)=C2C(=O)C(=O)N(c3nc(C)c(C)s3)[C@@H]2c2ccccc2)cc1. The number of benzene rings is 2. The van der Waals surface area contributed by atoms with Crippen molar-refractivity contribution in [2.24, 2.45) is 0 Å². The number of aryl methyl sites for hydroxylation is 3. The van der Waals surface area contributed by atoms with Crippen LogP contribution in [-0.2, 0) is 9.59 Å². The monoisotopic (exact) mass is 404 g/mol. The van der Waals surface area contributed by atoms with E-state index in [0.717, 1.165) is 21.7 Å². The van der Waals surface area contributed by atoms with Crippen molar-refractivity contribution in [3.63, 3.8) is 0 Å². The third kappa shape index (κ3) is 3.25. The van der Waals surface area contributed by atoms with E-state index in [-0.39, 0.29) is 11.3 Å². The number of ketones is 1. The summed E-state index contributed by atoms with van der Waals surface area (Å²) in [6, 6.07) is 15.7. The first-order chi connectivity index (χ1) is 13.9. The third-order valence-corrected chi connectivity index (χ3v) is 6.18. The quantitative estimate of drug-likeness (QED) is 0.390. The van der Waals surface area contributed by atoms with Gasteiger partial charge in [0.25, 0.3) is 5.78 Å². The van der Waals surface area contributed by atoms with Gasteiger partial charge < -0.3 is 5.11 Å². The summed E-state index contributed by atoms with van der Waals surface area (Å²) < 4.78 is 0. The lowest BCUT2D eigenvalue weighted by molar-refractivity contribution is -0.132. The number of Topliss-reactive ketones (excluding diaryl/α,β-unsaturated/α-hetero) is 1. The second-order valence-electron chi connectivity index (χ2n) is 7.08. The zero-order valence-electron chi connectivity index (χ0n) is 16.3. The first kappa shape index (κ1) is 19.1. The number of aliphatic hydroxyl groups is 1. The fraction of sp³-hybridized carbons (Fsp3) is 0.174. The summed E-state index contributed by atoms with van der Waals surface area (Å²) in [4.78, 5) is 32.9. The van der Waals surface area contributed by atoms with E-state index >= 15 is 0 Å². The number of aliphatic hydroxyl groups excluding tert-OH is 1. The summed E-state index contributed by atoms with van der Waals surface area (Å²) in [5.41, 5.74) is 3.18. The van der Waals surface area contributed by atoms with Gasteiger partial charge in [-0.3, -0.25) is 14.5 Å². The molecule has 1 aliphatic rings. The highest BCUT2D eigenvalue weighted by molar-refractivity contribution is 7.16. The van der Waals surface area contributed by atoms with Crippen LogP contribution in [0.25, 0.3) is 5.76 Å². The van der Waals surface area contributed by atoms with Crippen LogP contribution >= 0.6 is 11.3 Å². The predicted molar refractivity (Wildman–Crippen MR) is 114 cm³/mol. The van der Waals surface area contributed by atoms with Crippen LogP contribution in [0.1, 0.15) is 33.3 Å². The number of hydrogen-bond donors (Lipinski definition) is 1. The minimum atomic E-state index is -0.734. The van der Waals surface area contributed by atoms with Crippen LogP contribution in [-0.4, -0.2) is 21.8 Å². The highest BCUT2D eigenvalue weighted by Gasteiger charge is 2.48. The number of carbonyl (C=O) groups excluding carboxylic acids is 2. The molecular weight excluding hydrogens is 384 g/mol. The van der Waals surface area contributed by atoms with E-state index in [0.29, 0.717) is 10.7 Å². The Balaban J connectivity index is 1.94. The van der Waals surface area contributed by atoms with Crippen LogP contribution < -0.4 is 4.90 Å². The van der Waals surface area contributed by atoms with Crippen molar-refractivity contribution in [2.45, 2.75) is 26.8 Å². The maximum atomic E-state index is 13.0. The largest absolute Gasteiger partial charge is 0.507 e. The van der Waals surface area contributed by atoms with Gasteiger partial charge in [-0.2, -0.15) is 0 Å². The predicted octanol–water partition coefficient (Wildman–Crippen LogP) is 4.69. The number of hydrogen-bond acceptors (Lipinski definition) is 5. The Hall–Kier alpha value is -3.25. The number of nitrogens with zero attached hydrogens (tertiary/aromatic N) is 2. The Morgan fingerprint density at radius 3 is 2.24 bits per heavy atom. The van der Waals surface area contributed by atoms with E-state index in [9.17, 15) is 14.7 Å². The highest BCUT2D eigenvalue weighted by atomic mass is 32.1. The third-order valence-electron chi connectivity index (χ3n) is 5.11. The van der Waals surface area contributed by atoms with E-state index in [1.165, 1.54) is 16.2 Å². The number of rotatable bonds is 3. The van der Waals surface area contributed by atoms with Crippen molar-refractivity contribution in [1.82, 2.24) is 4.98 Å². The van der Waals surface area contributed by atoms with Crippen LogP contribution in [0, 0.1) is 20.8 Å². The minimum absolute atomic E-state index is 0.0792. The number of carbonyl (C=O) groups is 2. The van der Waals surface area contributed by atoms with Gasteiger partial charge >= 0.3 is 5.91 Å². The van der Waals surface area contributed by atoms with Crippen molar-refractivity contribution in [2.75, 3.05) is 4.90 Å². The molecular formula is C23H20N2O3S. The van der Waals surface area contributed by atoms with E-state index < -0.39 is 17.7 Å². The fourth-order valence-corrected chi connectivity index (χ4v) is 4.34. The molecule has 6 heteroatoms. The van der Waals surface area contributed by atoms with Crippen molar-refractivity contribution in [3.05, 3.63) is 87.4 Å². The summed E-state index contributed by atoms with van der Waals surface area (Å²) in [5, 5.41) is 11.5. The lowest BCUT2D eigenvalue weighted by Crippen LogP contribution is -2.29. The van der Waals surface area contributed by atoms with Gasteiger partial charge in [0.15, 0.2) is 5.13 Å². The van der Waals surface area contributed by atoms with Gasteiger partial charge in [-0.25, -0.2) is 4.98 Å². The molecule has 0 unspecified atom stereocenters. The Morgan fingerprint density at radius 2 is 1.66 bits per heavy atom. The van der Waals surface area contributed by atoms with Gasteiger partial charge in [-0.05, 0) is 26.3 Å². The van der Waals surface area contributed by atoms with Gasteiger partial charge in [0.05, 0.1) is 17.3 Å². The van der Waals surface area contributed by atoms with Gasteiger partial charge in [-0.15, -0.1) is 11.3 Å². The molecule has 0 radical (unpaired) electrons. The summed E-state index contributed by atoms with van der Waals surface area (Å²) in [7, 11) is 0. The molecule has 1 N–H and O–H groups in total. The molecule has 2 aromatic carbocycles. The maximum absolute atomic E-state index is 13.0. The highest BCUT2D eigenvalue weighted by Crippen LogP contribution is 2.43. The molecule has 3 aromatic rings. The van der Waals surface area contributed by atoms with E-state index in [4.69, 9.17) is 0 Å². The number of thiazole rings is 1. The van der Waals surface area contributed by atoms with E-state index in [1.807, 2.05) is 63.2 Å². The first-order valence-corrected chi connectivity index (χ1v) is 10.1. The average molecular weight is 404 g/mol. The number of aromatic nitrogens is 1. The lowest BCUT2D eigenvalue weighted by Gasteiger charge is -2.23. The van der Waals surface area contributed by atoms with Gasteiger partial charge in [0, 0.05) is 10.4 Å². The molecule has 0 spiro atoms. The molecule has 2 heterocycles. The molecule has 1 amide bonds. The minimum Gasteiger partial charge on any atom is -0.507 e. The Labute approximate surface area is 173 Å². The molecule has 146 valence electrons. The van der Waals surface area contributed by atoms with Crippen molar-refractivity contribution in [1.29, 1.82) is 0 Å². The normalized spacial score (nSPS) is 18.4. The molecule has 5 nitrogen and oxygen atoms in total. The van der Waals surface area contributed by atoms with Gasteiger partial charge in [0.2, 0.25) is 0 Å². The standard InChI is InChI=1S/C23H20N2O3S/c1-13-9-11-17(12-10-13)20(26)18-19(16-7-5-4-6-8-16)25(22(28)21(18)27)23-24-14(2)15(3)29-23/h4-12,19,26H,1-3H3/t19-/m1/s1. The average Bonchev–Trinajstić information content (AvgIpc) is 3.18. The molecule has 1 aromatic heterocycles. The van der Waals surface area contributed by atoms with Crippen LogP contribution in [0.15, 0.2) is 60.2 Å². The number of anilines is 1. The maximum Gasteiger partial charge on any atom is 0.301 e. The molecule has 1 fully saturated rings. The molecule has 29 heavy (non-hydrogen) atoms. The number of amides is 1. The molecule has 1 aliphatic heterocycles. The molecule has 0 bridgehead atoms. The smallest absolute Gasteiger partial charge is 0.301 e. The topological polar surface area (TPSA) is 70.5 Å². The molecule has 1 atom stereocenters. The zero-order valence-corrected chi connectivity index (χ0v) is 17.2. The van der Waals surface area contributed by atoms with Gasteiger partial charge in [0.1, 0.15) is 5.76 Å². The second kappa shape index (κ2) is 7.29. The van der Waals surface area contributed by atoms with Crippen LogP contribution in [0.4, 0.5) is 5.13 Å². The van der Waals surface area contributed by atoms with Crippen molar-refractivity contribution < 1.29 is 14.7 Å². The zero-order chi connectivity index (χ0) is 20.7. The van der Waals surface area contributed by atoms with Crippen LogP contribution in [0.3, 0.4) is 0 Å². The summed E-state index contributed by atoms with van der Waals surface area (Å²) in [6.07, 6.45) is 0. The lowest BCUT2D eigenvalue weighted by atomic mass is 9.95. The second-order valence-corrected chi connectivity index (χ2v) is 8.27. The summed E-state index contributed by atoms with van der Waals surface area (Å²) in [6.45, 7) is 5.74. The molecule has 1 saturated heterocycles. The molecule has 0 saturated carbocycles. The summed E-state index contributed by atoms with van der Waals surface area (Å²) in [5.74, 6) is -1.56. The van der Waals surface area contributed by atoms with Crippen LogP contribution in [0.5, 0.6) is 0 Å². The fourth-order valence-electron chi connectivity index (χ4n) is 3.41. The van der Waals surface area contributed by atoms with Crippen LogP contribution in [0.2, 0.25) is 0 Å². The van der Waals surface area contributed by atoms with Gasteiger partial charge in [-0.1, -0.05) is 60.2 Å². The molecule has 0 aliphatic carbocycles. The van der Waals surface area contributed by atoms with Crippen molar-refractivity contribution >= 4 is 33.9 Å².